The maximum atomic E-state index is 11.5. The van der Waals surface area contributed by atoms with Gasteiger partial charge in [0.2, 0.25) is 0 Å². The molecular weight excluding hydrogens is 202 g/mol. The third-order valence-electron chi connectivity index (χ3n) is 2.12. The standard InChI is InChI=1S/C13H15NO2/c1-3-12(15)11-9-10(5-4-8-14-2)6-7-13(11)16/h6-7,9,14,16H,3,8H2,1-2H3. The smallest absolute Gasteiger partial charge is 0.166 e. The lowest BCUT2D eigenvalue weighted by atomic mass is 10.0. The number of phenolic OH excluding ortho intramolecular Hbond substituents is 1. The Labute approximate surface area is 95.5 Å². The van der Waals surface area contributed by atoms with E-state index in [1.54, 1.807) is 19.1 Å². The van der Waals surface area contributed by atoms with E-state index in [2.05, 4.69) is 17.2 Å². The van der Waals surface area contributed by atoms with Crippen molar-refractivity contribution in [1.29, 1.82) is 0 Å². The Morgan fingerprint density at radius 2 is 2.25 bits per heavy atom. The molecular formula is C13H15NO2. The second-order valence-corrected chi connectivity index (χ2v) is 3.34. The molecule has 1 rings (SSSR count). The lowest BCUT2D eigenvalue weighted by Crippen LogP contribution is -2.04. The molecule has 0 amide bonds. The Morgan fingerprint density at radius 3 is 2.88 bits per heavy atom. The van der Waals surface area contributed by atoms with E-state index in [4.69, 9.17) is 0 Å². The largest absolute Gasteiger partial charge is 0.507 e. The first kappa shape index (κ1) is 12.3. The van der Waals surface area contributed by atoms with Gasteiger partial charge >= 0.3 is 0 Å². The van der Waals surface area contributed by atoms with Crippen LogP contribution in [0.2, 0.25) is 0 Å². The Bertz CT molecular complexity index is 441. The maximum Gasteiger partial charge on any atom is 0.166 e. The van der Waals surface area contributed by atoms with Crippen LogP contribution in [0.1, 0.15) is 29.3 Å². The molecule has 0 unspecified atom stereocenters. The van der Waals surface area contributed by atoms with Gasteiger partial charge in [-0.05, 0) is 25.2 Å². The van der Waals surface area contributed by atoms with Crippen molar-refractivity contribution in [3.8, 4) is 17.6 Å². The van der Waals surface area contributed by atoms with E-state index in [0.717, 1.165) is 5.56 Å². The van der Waals surface area contributed by atoms with Crippen LogP contribution in [0.3, 0.4) is 0 Å². The summed E-state index contributed by atoms with van der Waals surface area (Å²) in [5.41, 5.74) is 1.09. The minimum absolute atomic E-state index is 0.0195. The van der Waals surface area contributed by atoms with Gasteiger partial charge in [-0.1, -0.05) is 18.8 Å². The molecule has 84 valence electrons. The van der Waals surface area contributed by atoms with Crippen molar-refractivity contribution in [2.75, 3.05) is 13.6 Å². The summed E-state index contributed by atoms with van der Waals surface area (Å²) in [4.78, 5) is 11.5. The molecule has 0 aliphatic rings. The molecule has 3 heteroatoms. The molecule has 0 spiro atoms. The number of phenols is 1. The van der Waals surface area contributed by atoms with Gasteiger partial charge in [-0.15, -0.1) is 0 Å². The average molecular weight is 217 g/mol. The monoisotopic (exact) mass is 217 g/mol. The zero-order chi connectivity index (χ0) is 12.0. The molecule has 1 aromatic rings. The first-order valence-corrected chi connectivity index (χ1v) is 5.18. The van der Waals surface area contributed by atoms with Gasteiger partial charge in [0, 0.05) is 12.0 Å². The van der Waals surface area contributed by atoms with Gasteiger partial charge in [0.05, 0.1) is 12.1 Å². The average Bonchev–Trinajstić information content (AvgIpc) is 2.30. The third kappa shape index (κ3) is 3.11. The van der Waals surface area contributed by atoms with Crippen molar-refractivity contribution in [3.63, 3.8) is 0 Å². The lowest BCUT2D eigenvalue weighted by Gasteiger charge is -2.02. The summed E-state index contributed by atoms with van der Waals surface area (Å²) in [6.45, 7) is 2.36. The number of nitrogens with one attached hydrogen (secondary N) is 1. The predicted octanol–water partition coefficient (Wildman–Crippen LogP) is 1.56. The maximum absolute atomic E-state index is 11.5. The molecule has 0 saturated heterocycles. The van der Waals surface area contributed by atoms with Crippen molar-refractivity contribution >= 4 is 5.78 Å². The van der Waals surface area contributed by atoms with Crippen LogP contribution < -0.4 is 5.32 Å². The highest BCUT2D eigenvalue weighted by atomic mass is 16.3. The Hall–Kier alpha value is -1.79. The summed E-state index contributed by atoms with van der Waals surface area (Å²) in [5, 5.41) is 12.4. The first-order valence-electron chi connectivity index (χ1n) is 5.18. The fourth-order valence-corrected chi connectivity index (χ4v) is 1.26. The van der Waals surface area contributed by atoms with Gasteiger partial charge in [0.1, 0.15) is 5.75 Å². The van der Waals surface area contributed by atoms with E-state index >= 15 is 0 Å². The molecule has 0 fully saturated rings. The molecule has 3 nitrogen and oxygen atoms in total. The van der Waals surface area contributed by atoms with Crippen LogP contribution in [0.5, 0.6) is 5.75 Å². The highest BCUT2D eigenvalue weighted by Gasteiger charge is 2.08. The second kappa shape index (κ2) is 5.94. The number of aromatic hydroxyl groups is 1. The van der Waals surface area contributed by atoms with Crippen molar-refractivity contribution < 1.29 is 9.90 Å². The van der Waals surface area contributed by atoms with Crippen molar-refractivity contribution in [2.24, 2.45) is 0 Å². The number of rotatable bonds is 3. The molecule has 16 heavy (non-hydrogen) atoms. The van der Waals surface area contributed by atoms with Crippen LogP contribution in [0, 0.1) is 11.8 Å². The molecule has 0 aromatic heterocycles. The van der Waals surface area contributed by atoms with Crippen molar-refractivity contribution in [2.45, 2.75) is 13.3 Å². The van der Waals surface area contributed by atoms with E-state index in [-0.39, 0.29) is 11.5 Å². The zero-order valence-corrected chi connectivity index (χ0v) is 9.50. The highest BCUT2D eigenvalue weighted by Crippen LogP contribution is 2.19. The minimum Gasteiger partial charge on any atom is -0.507 e. The van der Waals surface area contributed by atoms with Gasteiger partial charge < -0.3 is 10.4 Å². The van der Waals surface area contributed by atoms with Crippen LogP contribution in [0.25, 0.3) is 0 Å². The van der Waals surface area contributed by atoms with E-state index in [1.807, 2.05) is 7.05 Å². The molecule has 0 radical (unpaired) electrons. The number of carbonyl (C=O) groups is 1. The number of ketones is 1. The van der Waals surface area contributed by atoms with Crippen LogP contribution in [-0.4, -0.2) is 24.5 Å². The molecule has 0 heterocycles. The fraction of sp³-hybridized carbons (Fsp3) is 0.308. The number of hydrogen-bond acceptors (Lipinski definition) is 3. The number of Topliss-reactive ketones (excluding diaryl/α,β-unsaturated/α-hetero) is 1. The van der Waals surface area contributed by atoms with Gasteiger partial charge in [-0.25, -0.2) is 0 Å². The van der Waals surface area contributed by atoms with Crippen molar-refractivity contribution in [1.82, 2.24) is 5.32 Å². The summed E-state index contributed by atoms with van der Waals surface area (Å²) >= 11 is 0. The second-order valence-electron chi connectivity index (χ2n) is 3.34. The topological polar surface area (TPSA) is 49.3 Å². The van der Waals surface area contributed by atoms with Crippen LogP contribution in [0.4, 0.5) is 0 Å². The van der Waals surface area contributed by atoms with Crippen LogP contribution in [-0.2, 0) is 0 Å². The summed E-state index contributed by atoms with van der Waals surface area (Å²) in [5.74, 6) is 5.76. The molecule has 0 aliphatic heterocycles. The number of benzene rings is 1. The van der Waals surface area contributed by atoms with E-state index in [0.29, 0.717) is 18.5 Å². The quantitative estimate of drug-likeness (QED) is 0.596. The number of carbonyl (C=O) groups excluding carboxylic acids is 1. The Morgan fingerprint density at radius 1 is 1.50 bits per heavy atom. The summed E-state index contributed by atoms with van der Waals surface area (Å²) in [6.07, 6.45) is 0.376. The highest BCUT2D eigenvalue weighted by molar-refractivity contribution is 5.98. The molecule has 2 N–H and O–H groups in total. The fourth-order valence-electron chi connectivity index (χ4n) is 1.26. The zero-order valence-electron chi connectivity index (χ0n) is 9.50. The molecule has 0 aliphatic carbocycles. The third-order valence-corrected chi connectivity index (χ3v) is 2.12. The molecule has 0 saturated carbocycles. The van der Waals surface area contributed by atoms with Gasteiger partial charge in [-0.2, -0.15) is 0 Å². The van der Waals surface area contributed by atoms with Gasteiger partial charge in [0.15, 0.2) is 5.78 Å². The van der Waals surface area contributed by atoms with E-state index < -0.39 is 0 Å². The predicted molar refractivity (Wildman–Crippen MR) is 63.5 cm³/mol. The molecule has 0 atom stereocenters. The summed E-state index contributed by atoms with van der Waals surface area (Å²) < 4.78 is 0. The van der Waals surface area contributed by atoms with Crippen molar-refractivity contribution in [3.05, 3.63) is 29.3 Å². The molecule has 1 aromatic carbocycles. The first-order chi connectivity index (χ1) is 7.69. The Balaban J connectivity index is 2.99. The minimum atomic E-state index is -0.0743. The summed E-state index contributed by atoms with van der Waals surface area (Å²) in [6, 6.07) is 4.83. The van der Waals surface area contributed by atoms with Gasteiger partial charge in [0.25, 0.3) is 0 Å². The SMILES string of the molecule is CCC(=O)c1cc(C#CCNC)ccc1O. The number of hydrogen-bond donors (Lipinski definition) is 2. The van der Waals surface area contributed by atoms with Gasteiger partial charge in [-0.3, -0.25) is 4.79 Å². The van der Waals surface area contributed by atoms with Crippen LogP contribution >= 0.6 is 0 Å². The van der Waals surface area contributed by atoms with E-state index in [1.165, 1.54) is 6.07 Å². The normalized spacial score (nSPS) is 9.38. The molecule has 0 bridgehead atoms. The van der Waals surface area contributed by atoms with Crippen LogP contribution in [0.15, 0.2) is 18.2 Å². The Kier molecular flexibility index (Phi) is 4.56. The van der Waals surface area contributed by atoms with E-state index in [9.17, 15) is 9.90 Å². The summed E-state index contributed by atoms with van der Waals surface area (Å²) in [7, 11) is 1.82. The lowest BCUT2D eigenvalue weighted by molar-refractivity contribution is 0.0985.